The lowest BCUT2D eigenvalue weighted by atomic mass is 10.4. The second kappa shape index (κ2) is 5.77. The number of pyridine rings is 1. The van der Waals surface area contributed by atoms with E-state index in [-0.39, 0.29) is 0 Å². The van der Waals surface area contributed by atoms with Gasteiger partial charge in [0.1, 0.15) is 11.6 Å². The zero-order valence-corrected chi connectivity index (χ0v) is 10.2. The molecule has 0 saturated carbocycles. The van der Waals surface area contributed by atoms with Crippen LogP contribution < -0.4 is 5.32 Å². The number of hydrogen-bond donors (Lipinski definition) is 1. The molecule has 92 valence electrons. The van der Waals surface area contributed by atoms with Crippen molar-refractivity contribution in [2.75, 3.05) is 5.32 Å². The highest BCUT2D eigenvalue weighted by molar-refractivity contribution is 5.36. The monoisotopic (exact) mass is 241 g/mol. The van der Waals surface area contributed by atoms with Crippen LogP contribution in [0.4, 0.5) is 5.82 Å². The first-order valence-electron chi connectivity index (χ1n) is 5.61. The average molecular weight is 241 g/mol. The molecule has 2 aromatic rings. The quantitative estimate of drug-likeness (QED) is 0.817. The predicted molar refractivity (Wildman–Crippen MR) is 73.4 cm³/mol. The number of rotatable bonds is 5. The molecule has 0 aliphatic carbocycles. The third-order valence-corrected chi connectivity index (χ3v) is 2.47. The normalized spacial score (nSPS) is 10.7. The van der Waals surface area contributed by atoms with Crippen molar-refractivity contribution in [2.24, 2.45) is 4.99 Å². The van der Waals surface area contributed by atoms with Crippen LogP contribution in [-0.4, -0.2) is 21.3 Å². The maximum Gasteiger partial charge on any atom is 0.132 e. The Kier molecular flexibility index (Phi) is 3.86. The molecule has 0 aliphatic heterocycles. The SMILES string of the molecule is C=N/C=C\n1c(C)cnc1CNc1ccccn1. The Morgan fingerprint density at radius 2 is 2.33 bits per heavy atom. The topological polar surface area (TPSA) is 55.1 Å². The Balaban J connectivity index is 2.10. The Morgan fingerprint density at radius 1 is 1.44 bits per heavy atom. The fourth-order valence-corrected chi connectivity index (χ4v) is 1.58. The molecule has 18 heavy (non-hydrogen) atoms. The summed E-state index contributed by atoms with van der Waals surface area (Å²) >= 11 is 0. The molecule has 0 amide bonds. The second-order valence-electron chi connectivity index (χ2n) is 3.74. The highest BCUT2D eigenvalue weighted by atomic mass is 15.1. The molecule has 2 aromatic heterocycles. The lowest BCUT2D eigenvalue weighted by molar-refractivity contribution is 0.908. The summed E-state index contributed by atoms with van der Waals surface area (Å²) in [5.74, 6) is 1.73. The highest BCUT2D eigenvalue weighted by Crippen LogP contribution is 2.08. The number of anilines is 1. The van der Waals surface area contributed by atoms with Gasteiger partial charge in [0.15, 0.2) is 0 Å². The molecule has 2 rings (SSSR count). The maximum absolute atomic E-state index is 4.34. The van der Waals surface area contributed by atoms with Gasteiger partial charge in [0.25, 0.3) is 0 Å². The molecule has 5 nitrogen and oxygen atoms in total. The molecule has 0 saturated heterocycles. The van der Waals surface area contributed by atoms with Gasteiger partial charge in [0.05, 0.1) is 6.54 Å². The van der Waals surface area contributed by atoms with Gasteiger partial charge in [0.2, 0.25) is 0 Å². The van der Waals surface area contributed by atoms with E-state index >= 15 is 0 Å². The van der Waals surface area contributed by atoms with E-state index < -0.39 is 0 Å². The molecular formula is C13H15N5. The number of imidazole rings is 1. The summed E-state index contributed by atoms with van der Waals surface area (Å²) in [6.45, 7) is 6.01. The molecule has 0 fully saturated rings. The number of aryl methyl sites for hydroxylation is 1. The first kappa shape index (κ1) is 12.0. The summed E-state index contributed by atoms with van der Waals surface area (Å²) in [6, 6.07) is 5.74. The van der Waals surface area contributed by atoms with Gasteiger partial charge in [-0.15, -0.1) is 0 Å². The molecular weight excluding hydrogens is 226 g/mol. The van der Waals surface area contributed by atoms with Crippen LogP contribution in [0.1, 0.15) is 11.5 Å². The zero-order chi connectivity index (χ0) is 12.8. The van der Waals surface area contributed by atoms with E-state index in [0.29, 0.717) is 6.54 Å². The van der Waals surface area contributed by atoms with Crippen LogP contribution in [-0.2, 0) is 6.54 Å². The molecule has 5 heteroatoms. The fourth-order valence-electron chi connectivity index (χ4n) is 1.58. The zero-order valence-electron chi connectivity index (χ0n) is 10.2. The summed E-state index contributed by atoms with van der Waals surface area (Å²) in [6.07, 6.45) is 7.05. The minimum absolute atomic E-state index is 0.604. The standard InChI is InChI=1S/C13H15N5/c1-11-9-17-13(18(11)8-7-14-2)10-16-12-5-3-4-6-15-12/h3-9H,2,10H2,1H3,(H,15,16)/b8-7-. The van der Waals surface area contributed by atoms with Crippen molar-refractivity contribution in [1.82, 2.24) is 14.5 Å². The van der Waals surface area contributed by atoms with Crippen LogP contribution in [0.2, 0.25) is 0 Å². The molecule has 0 atom stereocenters. The van der Waals surface area contributed by atoms with Crippen LogP contribution >= 0.6 is 0 Å². The van der Waals surface area contributed by atoms with Crippen LogP contribution in [0.3, 0.4) is 0 Å². The fraction of sp³-hybridized carbons (Fsp3) is 0.154. The summed E-state index contributed by atoms with van der Waals surface area (Å²) < 4.78 is 1.96. The highest BCUT2D eigenvalue weighted by Gasteiger charge is 2.04. The Hall–Kier alpha value is -2.43. The smallest absolute Gasteiger partial charge is 0.132 e. The van der Waals surface area contributed by atoms with Crippen molar-refractivity contribution in [3.63, 3.8) is 0 Å². The van der Waals surface area contributed by atoms with Crippen LogP contribution in [0.5, 0.6) is 0 Å². The summed E-state index contributed by atoms with van der Waals surface area (Å²) in [5.41, 5.74) is 1.05. The average Bonchev–Trinajstić information content (AvgIpc) is 2.76. The van der Waals surface area contributed by atoms with Crippen molar-refractivity contribution in [2.45, 2.75) is 13.5 Å². The van der Waals surface area contributed by atoms with E-state index in [0.717, 1.165) is 17.3 Å². The van der Waals surface area contributed by atoms with Crippen LogP contribution in [0, 0.1) is 6.92 Å². The minimum atomic E-state index is 0.604. The molecule has 0 bridgehead atoms. The van der Waals surface area contributed by atoms with E-state index in [1.807, 2.05) is 42.1 Å². The number of aliphatic imine (C=N–C) groups is 1. The van der Waals surface area contributed by atoms with Gasteiger partial charge in [-0.1, -0.05) is 6.07 Å². The maximum atomic E-state index is 4.34. The molecule has 2 heterocycles. The molecule has 0 aromatic carbocycles. The van der Waals surface area contributed by atoms with E-state index in [9.17, 15) is 0 Å². The summed E-state index contributed by atoms with van der Waals surface area (Å²) in [5, 5.41) is 3.22. The van der Waals surface area contributed by atoms with Crippen molar-refractivity contribution < 1.29 is 0 Å². The molecule has 1 N–H and O–H groups in total. The van der Waals surface area contributed by atoms with E-state index in [1.54, 1.807) is 12.4 Å². The van der Waals surface area contributed by atoms with Crippen molar-refractivity contribution >= 4 is 18.7 Å². The number of hydrogen-bond acceptors (Lipinski definition) is 4. The largest absolute Gasteiger partial charge is 0.363 e. The second-order valence-corrected chi connectivity index (χ2v) is 3.74. The first-order chi connectivity index (χ1) is 8.81. The third kappa shape index (κ3) is 2.82. The molecule has 0 spiro atoms. The van der Waals surface area contributed by atoms with Crippen molar-refractivity contribution in [1.29, 1.82) is 0 Å². The van der Waals surface area contributed by atoms with Crippen molar-refractivity contribution in [3.8, 4) is 0 Å². The van der Waals surface area contributed by atoms with Gasteiger partial charge in [-0.25, -0.2) is 9.97 Å². The number of nitrogens with one attached hydrogen (secondary N) is 1. The predicted octanol–water partition coefficient (Wildman–Crippen LogP) is 2.33. The third-order valence-electron chi connectivity index (χ3n) is 2.47. The van der Waals surface area contributed by atoms with Gasteiger partial charge in [-0.2, -0.15) is 0 Å². The van der Waals surface area contributed by atoms with E-state index in [1.165, 1.54) is 0 Å². The van der Waals surface area contributed by atoms with Crippen LogP contribution in [0.15, 0.2) is 41.8 Å². The number of nitrogens with zero attached hydrogens (tertiary/aromatic N) is 4. The Morgan fingerprint density at radius 3 is 3.06 bits per heavy atom. The number of aromatic nitrogens is 3. The molecule has 0 aliphatic rings. The van der Waals surface area contributed by atoms with Gasteiger partial charge >= 0.3 is 0 Å². The Bertz CT molecular complexity index is 542. The van der Waals surface area contributed by atoms with Gasteiger partial charge in [0, 0.05) is 30.5 Å². The van der Waals surface area contributed by atoms with Gasteiger partial charge < -0.3 is 9.88 Å². The van der Waals surface area contributed by atoms with Gasteiger partial charge in [-0.05, 0) is 25.8 Å². The minimum Gasteiger partial charge on any atom is -0.363 e. The van der Waals surface area contributed by atoms with Gasteiger partial charge in [-0.3, -0.25) is 4.99 Å². The van der Waals surface area contributed by atoms with E-state index in [2.05, 4.69) is 27.0 Å². The summed E-state index contributed by atoms with van der Waals surface area (Å²) in [4.78, 5) is 12.2. The van der Waals surface area contributed by atoms with Crippen molar-refractivity contribution in [3.05, 3.63) is 48.3 Å². The lowest BCUT2D eigenvalue weighted by Gasteiger charge is -2.06. The Labute approximate surface area is 106 Å². The molecule has 0 radical (unpaired) electrons. The summed E-state index contributed by atoms with van der Waals surface area (Å²) in [7, 11) is 0. The lowest BCUT2D eigenvalue weighted by Crippen LogP contribution is -2.06. The van der Waals surface area contributed by atoms with E-state index in [4.69, 9.17) is 0 Å². The van der Waals surface area contributed by atoms with Crippen LogP contribution in [0.25, 0.3) is 6.20 Å². The molecule has 0 unspecified atom stereocenters. The first-order valence-corrected chi connectivity index (χ1v) is 5.61.